The largest absolute Gasteiger partial charge is 0.350 e. The highest BCUT2D eigenvalue weighted by atomic mass is 16.2. The Hall–Kier alpha value is -1.42. The van der Waals surface area contributed by atoms with Gasteiger partial charge in [-0.3, -0.25) is 9.78 Å². The molecule has 0 bridgehead atoms. The van der Waals surface area contributed by atoms with E-state index in [9.17, 15) is 4.79 Å². The third kappa shape index (κ3) is 4.40. The lowest BCUT2D eigenvalue weighted by Crippen LogP contribution is -2.47. The van der Waals surface area contributed by atoms with Gasteiger partial charge in [0.1, 0.15) is 0 Å². The summed E-state index contributed by atoms with van der Waals surface area (Å²) < 4.78 is 0. The number of carbonyl (C=O) groups is 1. The summed E-state index contributed by atoms with van der Waals surface area (Å²) in [7, 11) is 1.76. The van der Waals surface area contributed by atoms with Gasteiger partial charge in [-0.1, -0.05) is 6.07 Å². The predicted molar refractivity (Wildman–Crippen MR) is 64.1 cm³/mol. The molecule has 4 heteroatoms. The molecule has 0 spiro atoms. The predicted octanol–water partition coefficient (Wildman–Crippen LogP) is 0.738. The molecule has 0 aliphatic carbocycles. The molecule has 1 aromatic heterocycles. The first-order valence-electron chi connectivity index (χ1n) is 5.38. The maximum Gasteiger partial charge on any atom is 0.234 e. The van der Waals surface area contributed by atoms with Crippen LogP contribution in [0, 0.1) is 0 Å². The highest BCUT2D eigenvalue weighted by Gasteiger charge is 2.20. The molecule has 0 radical (unpaired) electrons. The number of pyridine rings is 1. The van der Waals surface area contributed by atoms with Gasteiger partial charge < -0.3 is 10.6 Å². The summed E-state index contributed by atoms with van der Waals surface area (Å²) in [6, 6.07) is 3.92. The van der Waals surface area contributed by atoms with E-state index in [1.54, 1.807) is 13.2 Å². The van der Waals surface area contributed by atoms with Crippen LogP contribution < -0.4 is 10.6 Å². The smallest absolute Gasteiger partial charge is 0.234 e. The van der Waals surface area contributed by atoms with Crippen molar-refractivity contribution in [2.45, 2.75) is 25.8 Å². The van der Waals surface area contributed by atoms with Gasteiger partial charge >= 0.3 is 0 Å². The lowest BCUT2D eigenvalue weighted by molar-refractivity contribution is -0.121. The van der Waals surface area contributed by atoms with Crippen LogP contribution in [0.15, 0.2) is 24.5 Å². The number of hydrogen-bond acceptors (Lipinski definition) is 3. The molecule has 1 heterocycles. The fourth-order valence-electron chi connectivity index (χ4n) is 1.64. The summed E-state index contributed by atoms with van der Waals surface area (Å²) in [6.45, 7) is 4.36. The van der Waals surface area contributed by atoms with Crippen molar-refractivity contribution in [1.29, 1.82) is 0 Å². The van der Waals surface area contributed by atoms with Gasteiger partial charge in [-0.2, -0.15) is 0 Å². The van der Waals surface area contributed by atoms with Gasteiger partial charge in [0.2, 0.25) is 5.91 Å². The molecule has 4 nitrogen and oxygen atoms in total. The number of nitrogens with zero attached hydrogens (tertiary/aromatic N) is 1. The number of rotatable bonds is 5. The molecule has 1 amide bonds. The molecule has 0 saturated carbocycles. The second-order valence-electron chi connectivity index (χ2n) is 4.50. The van der Waals surface area contributed by atoms with Crippen molar-refractivity contribution in [2.24, 2.45) is 0 Å². The topological polar surface area (TPSA) is 54.0 Å². The molecule has 0 aromatic carbocycles. The molecule has 88 valence electrons. The molecule has 0 aliphatic rings. The number of aromatic nitrogens is 1. The van der Waals surface area contributed by atoms with E-state index in [4.69, 9.17) is 0 Å². The number of carbonyl (C=O) groups excluding carboxylic acids is 1. The fraction of sp³-hybridized carbons (Fsp3) is 0.500. The van der Waals surface area contributed by atoms with Gasteiger partial charge in [-0.05, 0) is 38.9 Å². The molecular formula is C12H19N3O. The third-order valence-electron chi connectivity index (χ3n) is 2.18. The second kappa shape index (κ2) is 5.61. The SMILES string of the molecule is CNCC(=O)NC(C)(C)Cc1cccnc1. The van der Waals surface area contributed by atoms with E-state index in [0.29, 0.717) is 6.54 Å². The minimum atomic E-state index is -0.253. The van der Waals surface area contributed by atoms with Gasteiger partial charge in [0.05, 0.1) is 6.54 Å². The Bertz CT molecular complexity index is 335. The van der Waals surface area contributed by atoms with E-state index in [2.05, 4.69) is 15.6 Å². The summed E-state index contributed by atoms with van der Waals surface area (Å²) in [5.74, 6) is 0.0105. The standard InChI is InChI=1S/C12H19N3O/c1-12(2,15-11(16)9-13-3)7-10-5-4-6-14-8-10/h4-6,8,13H,7,9H2,1-3H3,(H,15,16). The van der Waals surface area contributed by atoms with Crippen LogP contribution in [0.2, 0.25) is 0 Å². The zero-order valence-electron chi connectivity index (χ0n) is 10.1. The molecule has 2 N–H and O–H groups in total. The maximum absolute atomic E-state index is 11.5. The van der Waals surface area contributed by atoms with E-state index in [0.717, 1.165) is 12.0 Å². The van der Waals surface area contributed by atoms with Crippen LogP contribution in [0.1, 0.15) is 19.4 Å². The minimum absolute atomic E-state index is 0.0105. The summed E-state index contributed by atoms with van der Waals surface area (Å²) in [5, 5.41) is 5.81. The molecule has 1 rings (SSSR count). The van der Waals surface area contributed by atoms with Crippen molar-refractivity contribution in [3.63, 3.8) is 0 Å². The molecule has 16 heavy (non-hydrogen) atoms. The first-order valence-corrected chi connectivity index (χ1v) is 5.38. The van der Waals surface area contributed by atoms with E-state index in [1.807, 2.05) is 32.2 Å². The molecule has 0 atom stereocenters. The van der Waals surface area contributed by atoms with Crippen molar-refractivity contribution >= 4 is 5.91 Å². The van der Waals surface area contributed by atoms with Gasteiger partial charge in [-0.15, -0.1) is 0 Å². The van der Waals surface area contributed by atoms with Gasteiger partial charge in [0.25, 0.3) is 0 Å². The molecule has 1 aromatic rings. The summed E-state index contributed by atoms with van der Waals surface area (Å²) in [4.78, 5) is 15.5. The maximum atomic E-state index is 11.5. The monoisotopic (exact) mass is 221 g/mol. The Morgan fingerprint density at radius 2 is 2.25 bits per heavy atom. The summed E-state index contributed by atoms with van der Waals surface area (Å²) >= 11 is 0. The molecule has 0 saturated heterocycles. The number of amides is 1. The highest BCUT2D eigenvalue weighted by Crippen LogP contribution is 2.11. The van der Waals surface area contributed by atoms with Crippen LogP contribution in [-0.2, 0) is 11.2 Å². The number of hydrogen-bond donors (Lipinski definition) is 2. The third-order valence-corrected chi connectivity index (χ3v) is 2.18. The van der Waals surface area contributed by atoms with Crippen LogP contribution in [0.3, 0.4) is 0 Å². The van der Waals surface area contributed by atoms with Gasteiger partial charge in [0, 0.05) is 17.9 Å². The summed E-state index contributed by atoms with van der Waals surface area (Å²) in [5.41, 5.74) is 0.869. The van der Waals surface area contributed by atoms with E-state index >= 15 is 0 Å². The fourth-order valence-corrected chi connectivity index (χ4v) is 1.64. The highest BCUT2D eigenvalue weighted by molar-refractivity contribution is 5.78. The molecule has 0 aliphatic heterocycles. The second-order valence-corrected chi connectivity index (χ2v) is 4.50. The van der Waals surface area contributed by atoms with Crippen LogP contribution in [0.25, 0.3) is 0 Å². The van der Waals surface area contributed by atoms with Crippen LogP contribution in [0.5, 0.6) is 0 Å². The lowest BCUT2D eigenvalue weighted by atomic mass is 9.96. The van der Waals surface area contributed by atoms with E-state index < -0.39 is 0 Å². The molecule has 0 unspecified atom stereocenters. The van der Waals surface area contributed by atoms with Gasteiger partial charge in [0.15, 0.2) is 0 Å². The zero-order chi connectivity index (χ0) is 12.0. The lowest BCUT2D eigenvalue weighted by Gasteiger charge is -2.26. The van der Waals surface area contributed by atoms with E-state index in [1.165, 1.54) is 0 Å². The van der Waals surface area contributed by atoms with Crippen LogP contribution >= 0.6 is 0 Å². The Morgan fingerprint density at radius 1 is 1.50 bits per heavy atom. The van der Waals surface area contributed by atoms with Crippen molar-refractivity contribution in [3.8, 4) is 0 Å². The molecular weight excluding hydrogens is 202 g/mol. The van der Waals surface area contributed by atoms with Crippen LogP contribution in [0.4, 0.5) is 0 Å². The zero-order valence-corrected chi connectivity index (χ0v) is 10.1. The Morgan fingerprint density at radius 3 is 2.81 bits per heavy atom. The Balaban J connectivity index is 2.54. The Labute approximate surface area is 96.5 Å². The Kier molecular flexibility index (Phi) is 4.43. The average molecular weight is 221 g/mol. The van der Waals surface area contributed by atoms with E-state index in [-0.39, 0.29) is 11.4 Å². The van der Waals surface area contributed by atoms with Crippen molar-refractivity contribution in [2.75, 3.05) is 13.6 Å². The summed E-state index contributed by atoms with van der Waals surface area (Å²) in [6.07, 6.45) is 4.35. The molecule has 0 fully saturated rings. The van der Waals surface area contributed by atoms with Crippen molar-refractivity contribution < 1.29 is 4.79 Å². The number of nitrogens with one attached hydrogen (secondary N) is 2. The first kappa shape index (κ1) is 12.6. The van der Waals surface area contributed by atoms with Crippen molar-refractivity contribution in [3.05, 3.63) is 30.1 Å². The quantitative estimate of drug-likeness (QED) is 0.771. The normalized spacial score (nSPS) is 11.2. The van der Waals surface area contributed by atoms with Gasteiger partial charge in [-0.25, -0.2) is 0 Å². The van der Waals surface area contributed by atoms with Crippen LogP contribution in [-0.4, -0.2) is 30.0 Å². The minimum Gasteiger partial charge on any atom is -0.350 e. The number of likely N-dealkylation sites (N-methyl/N-ethyl adjacent to an activating group) is 1. The van der Waals surface area contributed by atoms with Crippen molar-refractivity contribution in [1.82, 2.24) is 15.6 Å². The first-order chi connectivity index (χ1) is 7.53. The average Bonchev–Trinajstić information content (AvgIpc) is 2.17.